The zero-order chi connectivity index (χ0) is 11.5. The lowest BCUT2D eigenvalue weighted by Crippen LogP contribution is -2.14. The summed E-state index contributed by atoms with van der Waals surface area (Å²) in [6.07, 6.45) is 2.25. The van der Waals surface area contributed by atoms with Crippen LogP contribution in [0.4, 0.5) is 11.9 Å². The van der Waals surface area contributed by atoms with Gasteiger partial charge in [0.1, 0.15) is 12.7 Å². The SMILES string of the molecule is Nc1ncnc(C(=O)c2ncnc(N)n2)n1. The fraction of sp³-hybridized carbons (Fsp3) is 0. The highest BCUT2D eigenvalue weighted by Gasteiger charge is 2.16. The van der Waals surface area contributed by atoms with Crippen molar-refractivity contribution in [2.75, 3.05) is 11.5 Å². The number of aromatic nitrogens is 6. The largest absolute Gasteiger partial charge is 0.368 e. The second-order valence-corrected chi connectivity index (χ2v) is 2.66. The fourth-order valence-corrected chi connectivity index (χ4v) is 0.937. The molecule has 0 fully saturated rings. The van der Waals surface area contributed by atoms with Crippen molar-refractivity contribution in [3.8, 4) is 0 Å². The molecule has 9 heteroatoms. The van der Waals surface area contributed by atoms with E-state index in [0.29, 0.717) is 0 Å². The zero-order valence-electron chi connectivity index (χ0n) is 7.90. The van der Waals surface area contributed by atoms with Crippen LogP contribution in [0, 0.1) is 0 Å². The third-order valence-electron chi connectivity index (χ3n) is 1.59. The summed E-state index contributed by atoms with van der Waals surface area (Å²) < 4.78 is 0. The predicted molar refractivity (Wildman–Crippen MR) is 51.9 cm³/mol. The highest BCUT2D eigenvalue weighted by atomic mass is 16.1. The van der Waals surface area contributed by atoms with Gasteiger partial charge in [0.25, 0.3) is 5.78 Å². The van der Waals surface area contributed by atoms with Crippen LogP contribution in [0.2, 0.25) is 0 Å². The Kier molecular flexibility index (Phi) is 2.34. The molecule has 0 aromatic carbocycles. The van der Waals surface area contributed by atoms with Crippen molar-refractivity contribution in [1.29, 1.82) is 0 Å². The number of nitrogens with two attached hydrogens (primary N) is 2. The molecule has 80 valence electrons. The number of nitrogens with zero attached hydrogens (tertiary/aromatic N) is 6. The van der Waals surface area contributed by atoms with Gasteiger partial charge in [-0.1, -0.05) is 0 Å². The smallest absolute Gasteiger partial charge is 0.267 e. The van der Waals surface area contributed by atoms with E-state index in [1.54, 1.807) is 0 Å². The van der Waals surface area contributed by atoms with Crippen LogP contribution in [0.3, 0.4) is 0 Å². The van der Waals surface area contributed by atoms with Gasteiger partial charge in [-0.15, -0.1) is 0 Å². The van der Waals surface area contributed by atoms with E-state index in [0.717, 1.165) is 12.7 Å². The molecule has 0 saturated carbocycles. The average Bonchev–Trinajstić information content (AvgIpc) is 2.28. The van der Waals surface area contributed by atoms with Gasteiger partial charge in [0.15, 0.2) is 0 Å². The van der Waals surface area contributed by atoms with E-state index in [9.17, 15) is 4.79 Å². The Morgan fingerprint density at radius 3 is 1.69 bits per heavy atom. The molecular weight excluding hydrogens is 212 g/mol. The van der Waals surface area contributed by atoms with Gasteiger partial charge in [0.2, 0.25) is 23.5 Å². The summed E-state index contributed by atoms with van der Waals surface area (Å²) in [7, 11) is 0. The molecule has 2 aromatic heterocycles. The van der Waals surface area contributed by atoms with Gasteiger partial charge >= 0.3 is 0 Å². The molecule has 9 nitrogen and oxygen atoms in total. The van der Waals surface area contributed by atoms with Crippen molar-refractivity contribution < 1.29 is 4.79 Å². The molecule has 0 saturated heterocycles. The maximum atomic E-state index is 11.7. The summed E-state index contributed by atoms with van der Waals surface area (Å²) >= 11 is 0. The van der Waals surface area contributed by atoms with Crippen molar-refractivity contribution in [2.24, 2.45) is 0 Å². The lowest BCUT2D eigenvalue weighted by molar-refractivity contribution is 0.101. The van der Waals surface area contributed by atoms with E-state index >= 15 is 0 Å². The molecular formula is C7H6N8O. The van der Waals surface area contributed by atoms with Crippen LogP contribution in [-0.2, 0) is 0 Å². The summed E-state index contributed by atoms with van der Waals surface area (Å²) in [5.74, 6) is -0.986. The third kappa shape index (κ3) is 1.87. The van der Waals surface area contributed by atoms with Gasteiger partial charge in [-0.2, -0.15) is 9.97 Å². The number of anilines is 2. The van der Waals surface area contributed by atoms with Crippen molar-refractivity contribution in [2.45, 2.75) is 0 Å². The molecule has 0 unspecified atom stereocenters. The van der Waals surface area contributed by atoms with Crippen LogP contribution in [-0.4, -0.2) is 35.7 Å². The normalized spacial score (nSPS) is 10.0. The number of carbonyl (C=O) groups is 1. The number of nitrogen functional groups attached to an aromatic ring is 2. The molecule has 0 aliphatic carbocycles. The van der Waals surface area contributed by atoms with Crippen LogP contribution < -0.4 is 11.5 Å². The summed E-state index contributed by atoms with van der Waals surface area (Å²) in [4.78, 5) is 33.4. The van der Waals surface area contributed by atoms with Gasteiger partial charge in [0, 0.05) is 0 Å². The number of ketones is 1. The third-order valence-corrected chi connectivity index (χ3v) is 1.59. The second-order valence-electron chi connectivity index (χ2n) is 2.66. The van der Waals surface area contributed by atoms with E-state index in [1.807, 2.05) is 0 Å². The summed E-state index contributed by atoms with van der Waals surface area (Å²) in [6.45, 7) is 0. The molecule has 0 aliphatic rings. The quantitative estimate of drug-likeness (QED) is 0.571. The first-order chi connectivity index (χ1) is 7.66. The molecule has 0 amide bonds. The van der Waals surface area contributed by atoms with Crippen LogP contribution in [0.1, 0.15) is 16.4 Å². The molecule has 2 heterocycles. The van der Waals surface area contributed by atoms with Gasteiger partial charge in [-0.25, -0.2) is 19.9 Å². The maximum absolute atomic E-state index is 11.7. The molecule has 0 spiro atoms. The molecule has 16 heavy (non-hydrogen) atoms. The van der Waals surface area contributed by atoms with E-state index in [4.69, 9.17) is 11.5 Å². The summed E-state index contributed by atoms with van der Waals surface area (Å²) in [5, 5.41) is 0. The Bertz CT molecular complexity index is 494. The molecule has 0 radical (unpaired) electrons. The van der Waals surface area contributed by atoms with Crippen molar-refractivity contribution in [1.82, 2.24) is 29.9 Å². The second kappa shape index (κ2) is 3.81. The molecule has 4 N–H and O–H groups in total. The fourth-order valence-electron chi connectivity index (χ4n) is 0.937. The minimum atomic E-state index is -0.594. The molecule has 2 rings (SSSR count). The lowest BCUT2D eigenvalue weighted by Gasteiger charge is -1.98. The molecule has 0 atom stereocenters. The van der Waals surface area contributed by atoms with Crippen LogP contribution in [0.5, 0.6) is 0 Å². The Balaban J connectivity index is 2.39. The zero-order valence-corrected chi connectivity index (χ0v) is 7.90. The Hall–Kier alpha value is -2.71. The molecule has 0 aliphatic heterocycles. The minimum Gasteiger partial charge on any atom is -0.368 e. The van der Waals surface area contributed by atoms with Crippen LogP contribution in [0.25, 0.3) is 0 Å². The Labute approximate surface area is 89.0 Å². The van der Waals surface area contributed by atoms with Crippen molar-refractivity contribution in [3.63, 3.8) is 0 Å². The van der Waals surface area contributed by atoms with E-state index < -0.39 is 5.78 Å². The van der Waals surface area contributed by atoms with Gasteiger partial charge < -0.3 is 11.5 Å². The van der Waals surface area contributed by atoms with E-state index in [2.05, 4.69) is 29.9 Å². The monoisotopic (exact) mass is 218 g/mol. The summed E-state index contributed by atoms with van der Waals surface area (Å²) in [5.41, 5.74) is 10.6. The van der Waals surface area contributed by atoms with E-state index in [-0.39, 0.29) is 23.5 Å². The summed E-state index contributed by atoms with van der Waals surface area (Å²) in [6, 6.07) is 0. The first-order valence-electron chi connectivity index (χ1n) is 4.10. The van der Waals surface area contributed by atoms with E-state index in [1.165, 1.54) is 0 Å². The van der Waals surface area contributed by atoms with Crippen LogP contribution >= 0.6 is 0 Å². The van der Waals surface area contributed by atoms with Gasteiger partial charge in [-0.3, -0.25) is 4.79 Å². The average molecular weight is 218 g/mol. The highest BCUT2D eigenvalue weighted by molar-refractivity contribution is 6.03. The van der Waals surface area contributed by atoms with Gasteiger partial charge in [0.05, 0.1) is 0 Å². The number of carbonyl (C=O) groups excluding carboxylic acids is 1. The van der Waals surface area contributed by atoms with Gasteiger partial charge in [-0.05, 0) is 0 Å². The highest BCUT2D eigenvalue weighted by Crippen LogP contribution is 2.00. The van der Waals surface area contributed by atoms with Crippen LogP contribution in [0.15, 0.2) is 12.7 Å². The predicted octanol–water partition coefficient (Wildman–Crippen LogP) is -1.55. The lowest BCUT2D eigenvalue weighted by atomic mass is 10.3. The number of hydrogen-bond acceptors (Lipinski definition) is 9. The number of hydrogen-bond donors (Lipinski definition) is 2. The topological polar surface area (TPSA) is 146 Å². The standard InChI is InChI=1S/C7H6N8O/c8-6-12-1-10-4(14-6)3(16)5-11-2-13-7(9)15-5/h1-2H,(H2,8,10,12,14)(H2,9,11,13,15). The molecule has 0 bridgehead atoms. The van der Waals surface area contributed by atoms with Crippen molar-refractivity contribution in [3.05, 3.63) is 24.3 Å². The maximum Gasteiger partial charge on any atom is 0.267 e. The Morgan fingerprint density at radius 1 is 0.875 bits per heavy atom. The van der Waals surface area contributed by atoms with Crippen molar-refractivity contribution >= 4 is 17.7 Å². The Morgan fingerprint density at radius 2 is 1.31 bits per heavy atom. The minimum absolute atomic E-state index is 0.0552. The number of rotatable bonds is 2. The first-order valence-corrected chi connectivity index (χ1v) is 4.10. The first kappa shape index (κ1) is 9.83. The molecule has 2 aromatic rings.